The molecule has 4 N–H and O–H groups in total. The number of aliphatic carboxylic acids is 1. The van der Waals surface area contributed by atoms with Gasteiger partial charge in [-0.05, 0) is 24.6 Å². The Morgan fingerprint density at radius 2 is 1.86 bits per heavy atom. The van der Waals surface area contributed by atoms with E-state index in [0.717, 1.165) is 12.0 Å². The van der Waals surface area contributed by atoms with Crippen molar-refractivity contribution in [3.63, 3.8) is 0 Å². The van der Waals surface area contributed by atoms with Gasteiger partial charge in [0.2, 0.25) is 11.8 Å². The van der Waals surface area contributed by atoms with Gasteiger partial charge in [0.25, 0.3) is 5.56 Å². The van der Waals surface area contributed by atoms with Crippen LogP contribution >= 0.6 is 23.2 Å². The molecule has 1 unspecified atom stereocenters. The number of pyridine rings is 2. The minimum absolute atomic E-state index is 0.0618. The summed E-state index contributed by atoms with van der Waals surface area (Å²) < 4.78 is 13.7. The van der Waals surface area contributed by atoms with Crippen LogP contribution < -0.4 is 31.0 Å². The van der Waals surface area contributed by atoms with Gasteiger partial charge in [-0.1, -0.05) is 47.5 Å². The van der Waals surface area contributed by atoms with E-state index in [1.54, 1.807) is 31.6 Å². The standard InChI is InChI=1S/C34H34Cl2N8O6/c1-49-32-19(15-38-16-21-7-9-27(45)40-21)6-8-25(41-32)24-5-3-4-22(29(24)35)23-10-11-39-31(30(23)36)20-14-26-33(48)43(13-12-37-17-28(46)47)34(50-2)42-44(26)18-20/h3-6,8,10-11,14,18,21,37-38H,7,9,12-13,15-17H2,1-2H3,(H,40,45)(H,46,47). The van der Waals surface area contributed by atoms with E-state index in [2.05, 4.69) is 26.0 Å². The fourth-order valence-corrected chi connectivity index (χ4v) is 6.51. The van der Waals surface area contributed by atoms with Gasteiger partial charge in [-0.15, -0.1) is 5.10 Å². The van der Waals surface area contributed by atoms with E-state index in [1.165, 1.54) is 16.2 Å². The molecule has 1 atom stereocenters. The van der Waals surface area contributed by atoms with Crippen molar-refractivity contribution < 1.29 is 24.2 Å². The molecule has 4 aromatic heterocycles. The van der Waals surface area contributed by atoms with Gasteiger partial charge in [-0.2, -0.15) is 0 Å². The van der Waals surface area contributed by atoms with E-state index in [9.17, 15) is 14.4 Å². The fourth-order valence-electron chi connectivity index (χ4n) is 5.86. The number of carbonyl (C=O) groups is 2. The molecular weight excluding hydrogens is 687 g/mol. The molecule has 1 aliphatic rings. The van der Waals surface area contributed by atoms with Gasteiger partial charge in [0, 0.05) is 78.9 Å². The first kappa shape index (κ1) is 34.8. The first-order valence-corrected chi connectivity index (χ1v) is 16.5. The minimum atomic E-state index is -1.00. The fraction of sp³-hybridized carbons (Fsp3) is 0.294. The molecule has 5 aromatic rings. The van der Waals surface area contributed by atoms with Crippen molar-refractivity contribution in [3.05, 3.63) is 80.8 Å². The van der Waals surface area contributed by atoms with Gasteiger partial charge in [0.15, 0.2) is 0 Å². The van der Waals surface area contributed by atoms with Crippen molar-refractivity contribution in [1.82, 2.24) is 40.1 Å². The number of benzene rings is 1. The second-order valence-corrected chi connectivity index (χ2v) is 12.3. The molecule has 16 heteroatoms. The molecule has 6 rings (SSSR count). The molecule has 14 nitrogen and oxygen atoms in total. The van der Waals surface area contributed by atoms with E-state index < -0.39 is 5.97 Å². The van der Waals surface area contributed by atoms with Crippen molar-refractivity contribution in [3.8, 4) is 45.5 Å². The van der Waals surface area contributed by atoms with Gasteiger partial charge in [-0.25, -0.2) is 9.50 Å². The van der Waals surface area contributed by atoms with Gasteiger partial charge in [-0.3, -0.25) is 23.9 Å². The van der Waals surface area contributed by atoms with Crippen LogP contribution in [0.3, 0.4) is 0 Å². The number of aromatic nitrogens is 5. The summed E-state index contributed by atoms with van der Waals surface area (Å²) in [5, 5.41) is 23.1. The smallest absolute Gasteiger partial charge is 0.317 e. The van der Waals surface area contributed by atoms with E-state index in [0.29, 0.717) is 69.1 Å². The highest BCUT2D eigenvalue weighted by atomic mass is 35.5. The molecule has 0 spiro atoms. The van der Waals surface area contributed by atoms with E-state index >= 15 is 0 Å². The Kier molecular flexibility index (Phi) is 10.6. The Bertz CT molecular complexity index is 2140. The first-order chi connectivity index (χ1) is 24.2. The number of methoxy groups -OCH3 is 2. The number of carbonyl (C=O) groups excluding carboxylic acids is 1. The molecule has 0 aliphatic carbocycles. The SMILES string of the molecule is COc1nc(-c2cccc(-c3ccnc(-c4cc5c(=O)n(CCNCC(=O)O)c(OC)nn5c4)c3Cl)c2Cl)ccc1CNCC1CCC(=O)N1. The van der Waals surface area contributed by atoms with Crippen molar-refractivity contribution in [2.75, 3.05) is 33.9 Å². The minimum Gasteiger partial charge on any atom is -0.481 e. The maximum Gasteiger partial charge on any atom is 0.317 e. The topological polar surface area (TPSA) is 174 Å². The zero-order valence-corrected chi connectivity index (χ0v) is 28.7. The molecule has 1 fully saturated rings. The maximum absolute atomic E-state index is 13.4. The van der Waals surface area contributed by atoms with Crippen LogP contribution in [0.1, 0.15) is 18.4 Å². The van der Waals surface area contributed by atoms with Crippen LogP contribution in [0, 0.1) is 0 Å². The largest absolute Gasteiger partial charge is 0.481 e. The van der Waals surface area contributed by atoms with Crippen LogP contribution in [0.25, 0.3) is 39.2 Å². The number of nitrogens with zero attached hydrogens (tertiary/aromatic N) is 5. The van der Waals surface area contributed by atoms with Crippen LogP contribution in [-0.2, 0) is 22.7 Å². The molecule has 5 heterocycles. The Morgan fingerprint density at radius 1 is 1.06 bits per heavy atom. The highest BCUT2D eigenvalue weighted by Crippen LogP contribution is 2.41. The molecule has 1 saturated heterocycles. The van der Waals surface area contributed by atoms with Crippen LogP contribution in [0.15, 0.2) is 59.7 Å². The zero-order chi connectivity index (χ0) is 35.4. The van der Waals surface area contributed by atoms with Crippen molar-refractivity contribution in [1.29, 1.82) is 0 Å². The molecule has 1 aromatic carbocycles. The number of carboxylic acid groups (broad SMARTS) is 1. The summed E-state index contributed by atoms with van der Waals surface area (Å²) in [6.07, 6.45) is 4.61. The third-order valence-corrected chi connectivity index (χ3v) is 9.10. The lowest BCUT2D eigenvalue weighted by Crippen LogP contribution is -2.35. The lowest BCUT2D eigenvalue weighted by atomic mass is 10.00. The summed E-state index contributed by atoms with van der Waals surface area (Å²) in [6, 6.07) is 13.0. The summed E-state index contributed by atoms with van der Waals surface area (Å²) in [5.41, 5.74) is 4.26. The molecule has 50 heavy (non-hydrogen) atoms. The first-order valence-electron chi connectivity index (χ1n) is 15.8. The molecule has 260 valence electrons. The summed E-state index contributed by atoms with van der Waals surface area (Å²) >= 11 is 14.0. The van der Waals surface area contributed by atoms with Crippen molar-refractivity contribution in [2.24, 2.45) is 0 Å². The van der Waals surface area contributed by atoms with E-state index in [-0.39, 0.29) is 48.7 Å². The van der Waals surface area contributed by atoms with E-state index in [4.69, 9.17) is 42.8 Å². The summed E-state index contributed by atoms with van der Waals surface area (Å²) in [7, 11) is 2.96. The van der Waals surface area contributed by atoms with Crippen molar-refractivity contribution in [2.45, 2.75) is 32.0 Å². The Balaban J connectivity index is 1.27. The van der Waals surface area contributed by atoms with Gasteiger partial charge in [0.1, 0.15) is 5.52 Å². The number of ether oxygens (including phenoxy) is 2. The highest BCUT2D eigenvalue weighted by molar-refractivity contribution is 6.39. The normalized spacial score (nSPS) is 14.2. The van der Waals surface area contributed by atoms with Crippen LogP contribution in [-0.4, -0.2) is 81.0 Å². The highest BCUT2D eigenvalue weighted by Gasteiger charge is 2.22. The van der Waals surface area contributed by atoms with Crippen LogP contribution in [0.2, 0.25) is 10.0 Å². The molecule has 0 radical (unpaired) electrons. The van der Waals surface area contributed by atoms with Gasteiger partial charge < -0.3 is 30.5 Å². The molecule has 0 saturated carbocycles. The zero-order valence-electron chi connectivity index (χ0n) is 27.2. The monoisotopic (exact) mass is 720 g/mol. The van der Waals surface area contributed by atoms with E-state index in [1.807, 2.05) is 30.3 Å². The Morgan fingerprint density at radius 3 is 2.60 bits per heavy atom. The lowest BCUT2D eigenvalue weighted by molar-refractivity contribution is -0.136. The summed E-state index contributed by atoms with van der Waals surface area (Å²) in [4.78, 5) is 45.0. The number of carboxylic acids is 1. The molecule has 0 bridgehead atoms. The number of hydrogen-bond acceptors (Lipinski definition) is 10. The summed E-state index contributed by atoms with van der Waals surface area (Å²) in [5.74, 6) is -0.469. The average molecular weight is 722 g/mol. The number of hydrogen-bond donors (Lipinski definition) is 4. The third-order valence-electron chi connectivity index (χ3n) is 8.31. The van der Waals surface area contributed by atoms with Gasteiger partial charge in [0.05, 0.1) is 42.2 Å². The predicted octanol–water partition coefficient (Wildman–Crippen LogP) is 3.65. The Labute approximate surface area is 296 Å². The number of amides is 1. The second-order valence-electron chi connectivity index (χ2n) is 11.6. The van der Waals surface area contributed by atoms with Crippen LogP contribution in [0.5, 0.6) is 11.9 Å². The maximum atomic E-state index is 13.4. The quantitative estimate of drug-likeness (QED) is 0.123. The summed E-state index contributed by atoms with van der Waals surface area (Å²) in [6.45, 7) is 1.28. The predicted molar refractivity (Wildman–Crippen MR) is 188 cm³/mol. The van der Waals surface area contributed by atoms with Crippen molar-refractivity contribution >= 4 is 40.6 Å². The number of halogens is 2. The third kappa shape index (κ3) is 7.28. The number of nitrogens with one attached hydrogen (secondary N) is 3. The number of rotatable bonds is 14. The van der Waals surface area contributed by atoms with Gasteiger partial charge >= 0.3 is 12.0 Å². The number of fused-ring (bicyclic) bond motifs is 1. The molecular formula is C34H34Cl2N8O6. The molecule has 1 amide bonds. The Hall–Kier alpha value is -5.02. The average Bonchev–Trinajstić information content (AvgIpc) is 3.73. The van der Waals surface area contributed by atoms with Crippen LogP contribution in [0.4, 0.5) is 0 Å². The molecule has 1 aliphatic heterocycles. The second kappa shape index (κ2) is 15.3. The lowest BCUT2D eigenvalue weighted by Gasteiger charge is -2.15.